The van der Waals surface area contributed by atoms with Crippen molar-refractivity contribution in [3.05, 3.63) is 36.9 Å². The van der Waals surface area contributed by atoms with Gasteiger partial charge in [-0.15, -0.1) is 0 Å². The summed E-state index contributed by atoms with van der Waals surface area (Å²) in [6, 6.07) is 4.06. The zero-order chi connectivity index (χ0) is 14.2. The molecule has 3 aromatic heterocycles. The fourth-order valence-corrected chi connectivity index (χ4v) is 2.65. The highest BCUT2D eigenvalue weighted by Crippen LogP contribution is 2.23. The molecule has 0 bridgehead atoms. The zero-order valence-electron chi connectivity index (χ0n) is 11.4. The van der Waals surface area contributed by atoms with Crippen LogP contribution < -0.4 is 4.90 Å². The highest BCUT2D eigenvalue weighted by molar-refractivity contribution is 5.80. The molecule has 4 heterocycles. The highest BCUT2D eigenvalue weighted by Gasteiger charge is 2.22. The molecule has 1 atom stereocenters. The van der Waals surface area contributed by atoms with Gasteiger partial charge in [-0.25, -0.2) is 15.0 Å². The molecule has 0 aliphatic carbocycles. The largest absolute Gasteiger partial charge is 0.391 e. The number of anilines is 1. The molecule has 0 radical (unpaired) electrons. The number of fused-ring (bicyclic) bond motifs is 1. The monoisotopic (exact) mass is 281 g/mol. The van der Waals surface area contributed by atoms with E-state index in [1.165, 1.54) is 0 Å². The van der Waals surface area contributed by atoms with E-state index in [9.17, 15) is 5.11 Å². The van der Waals surface area contributed by atoms with E-state index in [1.54, 1.807) is 0 Å². The number of rotatable bonds is 2. The van der Waals surface area contributed by atoms with Crippen molar-refractivity contribution in [2.45, 2.75) is 12.5 Å². The summed E-state index contributed by atoms with van der Waals surface area (Å²) in [6.07, 6.45) is 7.81. The Labute approximate surface area is 121 Å². The summed E-state index contributed by atoms with van der Waals surface area (Å²) in [5, 5.41) is 10.6. The van der Waals surface area contributed by atoms with Gasteiger partial charge in [0.05, 0.1) is 6.10 Å². The molecular weight excluding hydrogens is 266 g/mol. The summed E-state index contributed by atoms with van der Waals surface area (Å²) in [5.41, 5.74) is 2.81. The third-order valence-corrected chi connectivity index (χ3v) is 3.82. The maximum Gasteiger partial charge on any atom is 0.225 e. The van der Waals surface area contributed by atoms with Crippen LogP contribution in [-0.2, 0) is 0 Å². The normalized spacial score (nSPS) is 18.5. The summed E-state index contributed by atoms with van der Waals surface area (Å²) in [6.45, 7) is 1.41. The van der Waals surface area contributed by atoms with Crippen LogP contribution in [0.4, 0.5) is 5.95 Å². The Morgan fingerprint density at radius 3 is 2.71 bits per heavy atom. The molecular formula is C15H15N5O. The first-order chi connectivity index (χ1) is 10.3. The van der Waals surface area contributed by atoms with Crippen LogP contribution in [0.2, 0.25) is 0 Å². The van der Waals surface area contributed by atoms with Crippen LogP contribution in [0.25, 0.3) is 22.2 Å². The van der Waals surface area contributed by atoms with Crippen molar-refractivity contribution in [2.24, 2.45) is 0 Å². The Morgan fingerprint density at radius 1 is 1.14 bits per heavy atom. The lowest BCUT2D eigenvalue weighted by Gasteiger charge is -2.15. The van der Waals surface area contributed by atoms with Gasteiger partial charge >= 0.3 is 0 Å². The third kappa shape index (κ3) is 2.23. The summed E-state index contributed by atoms with van der Waals surface area (Å²) < 4.78 is 0. The lowest BCUT2D eigenvalue weighted by molar-refractivity contribution is 0.198. The topological polar surface area (TPSA) is 77.9 Å². The number of β-amino-alcohol motifs (C(OH)–C–C–N with tert-alkyl or cyclic N) is 1. The molecule has 0 amide bonds. The number of nitrogens with one attached hydrogen (secondary N) is 1. The molecule has 1 aliphatic rings. The van der Waals surface area contributed by atoms with Crippen molar-refractivity contribution in [1.29, 1.82) is 0 Å². The van der Waals surface area contributed by atoms with Gasteiger partial charge < -0.3 is 15.0 Å². The number of hydrogen-bond donors (Lipinski definition) is 2. The molecule has 2 N–H and O–H groups in total. The minimum atomic E-state index is -0.270. The number of pyridine rings is 1. The average Bonchev–Trinajstić information content (AvgIpc) is 3.15. The van der Waals surface area contributed by atoms with Gasteiger partial charge in [-0.1, -0.05) is 0 Å². The van der Waals surface area contributed by atoms with E-state index in [-0.39, 0.29) is 6.10 Å². The smallest absolute Gasteiger partial charge is 0.225 e. The first kappa shape index (κ1) is 12.3. The first-order valence-electron chi connectivity index (χ1n) is 6.98. The summed E-state index contributed by atoms with van der Waals surface area (Å²) >= 11 is 0. The van der Waals surface area contributed by atoms with E-state index < -0.39 is 0 Å². The molecule has 1 saturated heterocycles. The minimum Gasteiger partial charge on any atom is -0.391 e. The molecule has 1 aliphatic heterocycles. The molecule has 0 saturated carbocycles. The number of nitrogens with zero attached hydrogens (tertiary/aromatic N) is 4. The number of aliphatic hydroxyl groups excluding tert-OH is 1. The summed E-state index contributed by atoms with van der Waals surface area (Å²) in [7, 11) is 0. The molecule has 21 heavy (non-hydrogen) atoms. The fraction of sp³-hybridized carbons (Fsp3) is 0.267. The minimum absolute atomic E-state index is 0.270. The van der Waals surface area contributed by atoms with Crippen molar-refractivity contribution in [3.8, 4) is 11.1 Å². The second-order valence-corrected chi connectivity index (χ2v) is 5.30. The molecule has 4 rings (SSSR count). The van der Waals surface area contributed by atoms with E-state index in [0.29, 0.717) is 12.5 Å². The quantitative estimate of drug-likeness (QED) is 0.746. The SMILES string of the molecule is OC1CCN(c2ncc(-c3cnc4[nH]ccc4c3)cn2)C1. The number of aromatic nitrogens is 4. The molecule has 106 valence electrons. The summed E-state index contributed by atoms with van der Waals surface area (Å²) in [4.78, 5) is 18.3. The Balaban J connectivity index is 1.63. The third-order valence-electron chi connectivity index (χ3n) is 3.82. The highest BCUT2D eigenvalue weighted by atomic mass is 16.3. The van der Waals surface area contributed by atoms with Gasteiger partial charge in [-0.3, -0.25) is 0 Å². The van der Waals surface area contributed by atoms with Gasteiger partial charge in [0.25, 0.3) is 0 Å². The van der Waals surface area contributed by atoms with Crippen LogP contribution in [0, 0.1) is 0 Å². The van der Waals surface area contributed by atoms with Gasteiger partial charge in [0.1, 0.15) is 5.65 Å². The molecule has 6 nitrogen and oxygen atoms in total. The Hall–Kier alpha value is -2.47. The van der Waals surface area contributed by atoms with Gasteiger partial charge in [-0.2, -0.15) is 0 Å². The van der Waals surface area contributed by atoms with Crippen LogP contribution in [0.5, 0.6) is 0 Å². The number of aliphatic hydroxyl groups is 1. The molecule has 1 unspecified atom stereocenters. The lowest BCUT2D eigenvalue weighted by atomic mass is 10.1. The molecule has 0 spiro atoms. The second-order valence-electron chi connectivity index (χ2n) is 5.30. The predicted octanol–water partition coefficient (Wildman–Crippen LogP) is 1.59. The standard InChI is InChI=1S/C15H15N5O/c21-13-2-4-20(9-13)15-18-7-12(8-19-15)11-5-10-1-3-16-14(10)17-6-11/h1,3,5-8,13,21H,2,4,9H2,(H,16,17). The van der Waals surface area contributed by atoms with Crippen LogP contribution in [0.1, 0.15) is 6.42 Å². The molecule has 3 aromatic rings. The molecule has 1 fully saturated rings. The molecule has 0 aromatic carbocycles. The second kappa shape index (κ2) is 4.82. The zero-order valence-corrected chi connectivity index (χ0v) is 11.4. The van der Waals surface area contributed by atoms with Gasteiger partial charge in [0, 0.05) is 54.4 Å². The van der Waals surface area contributed by atoms with Crippen LogP contribution >= 0.6 is 0 Å². The van der Waals surface area contributed by atoms with E-state index in [0.717, 1.165) is 35.1 Å². The number of H-pyrrole nitrogens is 1. The summed E-state index contributed by atoms with van der Waals surface area (Å²) in [5.74, 6) is 0.672. The lowest BCUT2D eigenvalue weighted by Crippen LogP contribution is -2.23. The van der Waals surface area contributed by atoms with Crippen molar-refractivity contribution in [1.82, 2.24) is 19.9 Å². The first-order valence-corrected chi connectivity index (χ1v) is 6.98. The Kier molecular flexibility index (Phi) is 2.82. The number of hydrogen-bond acceptors (Lipinski definition) is 5. The van der Waals surface area contributed by atoms with E-state index in [2.05, 4.69) is 26.0 Å². The van der Waals surface area contributed by atoms with Crippen LogP contribution in [-0.4, -0.2) is 44.2 Å². The van der Waals surface area contributed by atoms with Crippen molar-refractivity contribution in [2.75, 3.05) is 18.0 Å². The average molecular weight is 281 g/mol. The van der Waals surface area contributed by atoms with Crippen molar-refractivity contribution < 1.29 is 5.11 Å². The van der Waals surface area contributed by atoms with Crippen molar-refractivity contribution in [3.63, 3.8) is 0 Å². The van der Waals surface area contributed by atoms with Gasteiger partial charge in [-0.05, 0) is 18.6 Å². The fourth-order valence-electron chi connectivity index (χ4n) is 2.65. The maximum atomic E-state index is 9.57. The maximum absolute atomic E-state index is 9.57. The van der Waals surface area contributed by atoms with Crippen LogP contribution in [0.15, 0.2) is 36.9 Å². The van der Waals surface area contributed by atoms with Gasteiger partial charge in [0.15, 0.2) is 0 Å². The van der Waals surface area contributed by atoms with Gasteiger partial charge in [0.2, 0.25) is 5.95 Å². The molecule has 6 heteroatoms. The van der Waals surface area contributed by atoms with E-state index in [1.807, 2.05) is 35.8 Å². The predicted molar refractivity (Wildman–Crippen MR) is 80.0 cm³/mol. The van der Waals surface area contributed by atoms with E-state index >= 15 is 0 Å². The van der Waals surface area contributed by atoms with Crippen molar-refractivity contribution >= 4 is 17.0 Å². The van der Waals surface area contributed by atoms with E-state index in [4.69, 9.17) is 0 Å². The van der Waals surface area contributed by atoms with Crippen LogP contribution in [0.3, 0.4) is 0 Å². The Morgan fingerprint density at radius 2 is 1.95 bits per heavy atom. The Bertz CT molecular complexity index is 767. The number of aromatic amines is 1.